The molecule has 2 aromatic rings. The summed E-state index contributed by atoms with van der Waals surface area (Å²) in [6, 6.07) is 8.96. The Balaban J connectivity index is 1.96. The smallest absolute Gasteiger partial charge is 0.131 e. The van der Waals surface area contributed by atoms with Gasteiger partial charge in [0.15, 0.2) is 0 Å². The van der Waals surface area contributed by atoms with Crippen LogP contribution < -0.4 is 5.32 Å². The topological polar surface area (TPSA) is 37.2 Å². The van der Waals surface area contributed by atoms with Crippen LogP contribution in [-0.4, -0.2) is 16.2 Å². The molecule has 2 aliphatic rings. The van der Waals surface area contributed by atoms with Gasteiger partial charge in [0.25, 0.3) is 0 Å². The standard InChI is InChI=1S/C17H22N2O/c1-2-5-11-10-15(20)19-14-7-4-3-6-12(14)13-8-9-18-16(11)17(13)19/h3-4,6-7,11,15-16,18,20H,2,5,8-10H2,1H3. The lowest BCUT2D eigenvalue weighted by Gasteiger charge is -2.39. The Hall–Kier alpha value is -1.32. The van der Waals surface area contributed by atoms with E-state index in [1.165, 1.54) is 35.0 Å². The van der Waals surface area contributed by atoms with Gasteiger partial charge >= 0.3 is 0 Å². The van der Waals surface area contributed by atoms with Crippen LogP contribution in [0.3, 0.4) is 0 Å². The van der Waals surface area contributed by atoms with Crippen molar-refractivity contribution in [2.45, 2.75) is 44.9 Å². The highest BCUT2D eigenvalue weighted by Gasteiger charge is 2.38. The monoisotopic (exact) mass is 270 g/mol. The summed E-state index contributed by atoms with van der Waals surface area (Å²) in [6.07, 6.45) is 3.96. The average molecular weight is 270 g/mol. The molecule has 0 aliphatic carbocycles. The fourth-order valence-electron chi connectivity index (χ4n) is 4.28. The number of nitrogens with one attached hydrogen (secondary N) is 1. The minimum absolute atomic E-state index is 0.364. The average Bonchev–Trinajstić information content (AvgIpc) is 2.81. The Morgan fingerprint density at radius 3 is 3.05 bits per heavy atom. The molecule has 0 radical (unpaired) electrons. The van der Waals surface area contributed by atoms with Crippen LogP contribution in [0.2, 0.25) is 0 Å². The van der Waals surface area contributed by atoms with Crippen molar-refractivity contribution in [3.63, 3.8) is 0 Å². The van der Waals surface area contributed by atoms with Gasteiger partial charge in [0.1, 0.15) is 6.23 Å². The lowest BCUT2D eigenvalue weighted by Crippen LogP contribution is -2.40. The van der Waals surface area contributed by atoms with Crippen LogP contribution in [0.5, 0.6) is 0 Å². The largest absolute Gasteiger partial charge is 0.373 e. The quantitative estimate of drug-likeness (QED) is 0.879. The van der Waals surface area contributed by atoms with Crippen LogP contribution in [-0.2, 0) is 6.42 Å². The van der Waals surface area contributed by atoms with Gasteiger partial charge in [0, 0.05) is 11.1 Å². The summed E-state index contributed by atoms with van der Waals surface area (Å²) in [5.41, 5.74) is 4.02. The van der Waals surface area contributed by atoms with Crippen LogP contribution >= 0.6 is 0 Å². The molecule has 3 atom stereocenters. The maximum absolute atomic E-state index is 10.6. The number of para-hydroxylation sites is 1. The number of aliphatic hydroxyl groups is 1. The van der Waals surface area contributed by atoms with Crippen molar-refractivity contribution in [1.82, 2.24) is 9.88 Å². The zero-order valence-electron chi connectivity index (χ0n) is 12.0. The van der Waals surface area contributed by atoms with Crippen molar-refractivity contribution in [2.24, 2.45) is 5.92 Å². The van der Waals surface area contributed by atoms with Crippen molar-refractivity contribution in [3.8, 4) is 0 Å². The van der Waals surface area contributed by atoms with Gasteiger partial charge in [-0.2, -0.15) is 0 Å². The molecule has 0 spiro atoms. The Bertz CT molecular complexity index is 646. The number of hydrogen-bond acceptors (Lipinski definition) is 2. The van der Waals surface area contributed by atoms with Gasteiger partial charge in [0.2, 0.25) is 0 Å². The molecule has 3 heterocycles. The summed E-state index contributed by atoms with van der Waals surface area (Å²) >= 11 is 0. The van der Waals surface area contributed by atoms with Crippen molar-refractivity contribution >= 4 is 10.9 Å². The van der Waals surface area contributed by atoms with Crippen molar-refractivity contribution in [2.75, 3.05) is 6.54 Å². The molecule has 0 bridgehead atoms. The minimum atomic E-state index is -0.364. The number of benzene rings is 1. The van der Waals surface area contributed by atoms with E-state index in [4.69, 9.17) is 0 Å². The van der Waals surface area contributed by atoms with E-state index in [9.17, 15) is 5.11 Å². The molecule has 0 saturated heterocycles. The number of aliphatic hydroxyl groups excluding tert-OH is 1. The Morgan fingerprint density at radius 1 is 1.35 bits per heavy atom. The van der Waals surface area contributed by atoms with Crippen LogP contribution in [0.4, 0.5) is 0 Å². The zero-order valence-corrected chi connectivity index (χ0v) is 12.0. The predicted molar refractivity (Wildman–Crippen MR) is 80.7 cm³/mol. The molecule has 2 aliphatic heterocycles. The highest BCUT2D eigenvalue weighted by atomic mass is 16.3. The van der Waals surface area contributed by atoms with Gasteiger partial charge in [-0.25, -0.2) is 0 Å². The second-order valence-electron chi connectivity index (χ2n) is 6.20. The molecular formula is C17H22N2O. The van der Waals surface area contributed by atoms with E-state index in [1.807, 2.05) is 0 Å². The SMILES string of the molecule is CCCC1CC(O)n2c3c(c4ccccc42)CCNC31. The van der Waals surface area contributed by atoms with E-state index in [0.29, 0.717) is 12.0 Å². The molecule has 0 amide bonds. The first-order valence-corrected chi connectivity index (χ1v) is 7.84. The number of hydrogen-bond donors (Lipinski definition) is 2. The van der Waals surface area contributed by atoms with Crippen molar-refractivity contribution in [3.05, 3.63) is 35.5 Å². The summed E-state index contributed by atoms with van der Waals surface area (Å²) in [6.45, 7) is 3.29. The minimum Gasteiger partial charge on any atom is -0.373 e. The molecule has 106 valence electrons. The van der Waals surface area contributed by atoms with E-state index in [-0.39, 0.29) is 6.23 Å². The number of rotatable bonds is 2. The fourth-order valence-corrected chi connectivity index (χ4v) is 4.28. The van der Waals surface area contributed by atoms with Gasteiger partial charge in [-0.05, 0) is 43.4 Å². The predicted octanol–water partition coefficient (Wildman–Crippen LogP) is 3.14. The van der Waals surface area contributed by atoms with E-state index >= 15 is 0 Å². The first-order valence-electron chi connectivity index (χ1n) is 7.84. The third kappa shape index (κ3) is 1.60. The highest BCUT2D eigenvalue weighted by Crippen LogP contribution is 2.45. The zero-order chi connectivity index (χ0) is 13.7. The molecule has 20 heavy (non-hydrogen) atoms. The van der Waals surface area contributed by atoms with Crippen LogP contribution in [0, 0.1) is 5.92 Å². The second-order valence-corrected chi connectivity index (χ2v) is 6.20. The van der Waals surface area contributed by atoms with Gasteiger partial charge in [-0.1, -0.05) is 31.5 Å². The van der Waals surface area contributed by atoms with Gasteiger partial charge in [-0.15, -0.1) is 0 Å². The molecule has 0 saturated carbocycles. The summed E-state index contributed by atoms with van der Waals surface area (Å²) < 4.78 is 2.19. The molecule has 3 nitrogen and oxygen atoms in total. The molecule has 0 fully saturated rings. The molecule has 4 rings (SSSR count). The third-order valence-corrected chi connectivity index (χ3v) is 5.03. The van der Waals surface area contributed by atoms with Gasteiger partial charge < -0.3 is 15.0 Å². The highest BCUT2D eigenvalue weighted by molar-refractivity contribution is 5.86. The Kier molecular flexibility index (Phi) is 2.86. The molecular weight excluding hydrogens is 248 g/mol. The molecule has 1 aromatic carbocycles. The van der Waals surface area contributed by atoms with Crippen molar-refractivity contribution in [1.29, 1.82) is 0 Å². The van der Waals surface area contributed by atoms with E-state index in [0.717, 1.165) is 19.4 Å². The van der Waals surface area contributed by atoms with Gasteiger partial charge in [-0.3, -0.25) is 0 Å². The van der Waals surface area contributed by atoms with E-state index < -0.39 is 0 Å². The van der Waals surface area contributed by atoms with Crippen LogP contribution in [0.25, 0.3) is 10.9 Å². The summed E-state index contributed by atoms with van der Waals surface area (Å²) in [5.74, 6) is 0.561. The van der Waals surface area contributed by atoms with E-state index in [2.05, 4.69) is 41.1 Å². The summed E-state index contributed by atoms with van der Waals surface area (Å²) in [5, 5.41) is 15.7. The normalized spacial score (nSPS) is 28.6. The van der Waals surface area contributed by atoms with Crippen LogP contribution in [0.15, 0.2) is 24.3 Å². The Labute approximate surface area is 119 Å². The van der Waals surface area contributed by atoms with Crippen molar-refractivity contribution < 1.29 is 5.11 Å². The second kappa shape index (κ2) is 4.61. The first kappa shape index (κ1) is 12.4. The molecule has 3 unspecified atom stereocenters. The molecule has 1 aromatic heterocycles. The van der Waals surface area contributed by atoms with Crippen LogP contribution in [0.1, 0.15) is 49.7 Å². The fraction of sp³-hybridized carbons (Fsp3) is 0.529. The lowest BCUT2D eigenvalue weighted by molar-refractivity contribution is 0.0409. The number of fused-ring (bicyclic) bond motifs is 3. The number of nitrogens with zero attached hydrogens (tertiary/aromatic N) is 1. The first-order chi connectivity index (χ1) is 9.81. The number of aromatic nitrogens is 1. The van der Waals surface area contributed by atoms with E-state index in [1.54, 1.807) is 0 Å². The lowest BCUT2D eigenvalue weighted by atomic mass is 9.82. The maximum Gasteiger partial charge on any atom is 0.131 e. The maximum atomic E-state index is 10.6. The van der Waals surface area contributed by atoms with Gasteiger partial charge in [0.05, 0.1) is 11.6 Å². The molecule has 3 heteroatoms. The summed E-state index contributed by atoms with van der Waals surface area (Å²) in [7, 11) is 0. The third-order valence-electron chi connectivity index (χ3n) is 5.03. The summed E-state index contributed by atoms with van der Waals surface area (Å²) in [4.78, 5) is 0. The molecule has 2 N–H and O–H groups in total. The Morgan fingerprint density at radius 2 is 2.20 bits per heavy atom.